The van der Waals surface area contributed by atoms with Crippen molar-refractivity contribution in [1.29, 1.82) is 0 Å². The summed E-state index contributed by atoms with van der Waals surface area (Å²) in [5, 5.41) is 1.06. The van der Waals surface area contributed by atoms with Gasteiger partial charge < -0.3 is 14.5 Å². The van der Waals surface area contributed by atoms with Crippen LogP contribution in [-0.2, 0) is 17.8 Å². The lowest BCUT2D eigenvalue weighted by Crippen LogP contribution is -2.39. The molecule has 0 unspecified atom stereocenters. The van der Waals surface area contributed by atoms with Gasteiger partial charge in [-0.3, -0.25) is 4.79 Å². The van der Waals surface area contributed by atoms with E-state index in [0.29, 0.717) is 18.4 Å². The number of unbranched alkanes of at least 4 members (excludes halogenated alkanes) is 1. The fourth-order valence-electron chi connectivity index (χ4n) is 3.94. The van der Waals surface area contributed by atoms with Gasteiger partial charge in [0.15, 0.2) is 5.06 Å². The fraction of sp³-hybridized carbons (Fsp3) is 0.762. The Morgan fingerprint density at radius 2 is 2.08 bits per heavy atom. The zero-order valence-corrected chi connectivity index (χ0v) is 17.4. The van der Waals surface area contributed by atoms with Crippen LogP contribution < -0.4 is 4.74 Å². The van der Waals surface area contributed by atoms with Crippen molar-refractivity contribution in [3.05, 3.63) is 16.5 Å². The van der Waals surface area contributed by atoms with Gasteiger partial charge >= 0.3 is 0 Å². The van der Waals surface area contributed by atoms with Gasteiger partial charge in [-0.2, -0.15) is 0 Å². The van der Waals surface area contributed by atoms with Crippen molar-refractivity contribution >= 4 is 17.2 Å². The van der Waals surface area contributed by atoms with E-state index in [1.54, 1.807) is 11.3 Å². The Bertz CT molecular complexity index is 591. The summed E-state index contributed by atoms with van der Waals surface area (Å²) in [4.78, 5) is 18.2. The van der Waals surface area contributed by atoms with Crippen molar-refractivity contribution in [2.75, 3.05) is 26.2 Å². The van der Waals surface area contributed by atoms with Crippen molar-refractivity contribution in [1.82, 2.24) is 9.80 Å². The first kappa shape index (κ1) is 19.7. The molecule has 4 nitrogen and oxygen atoms in total. The lowest BCUT2D eigenvalue weighted by Gasteiger charge is -2.32. The van der Waals surface area contributed by atoms with E-state index in [1.165, 1.54) is 17.0 Å². The molecule has 5 heteroatoms. The molecule has 3 heterocycles. The number of hydrogen-bond acceptors (Lipinski definition) is 4. The van der Waals surface area contributed by atoms with Gasteiger partial charge in [0.25, 0.3) is 0 Å². The van der Waals surface area contributed by atoms with Crippen LogP contribution in [0.2, 0.25) is 0 Å². The second-order valence-corrected chi connectivity index (χ2v) is 9.29. The van der Waals surface area contributed by atoms with E-state index in [-0.39, 0.29) is 0 Å². The molecule has 1 saturated heterocycles. The smallest absolute Gasteiger partial charge is 0.222 e. The van der Waals surface area contributed by atoms with Crippen LogP contribution in [0.5, 0.6) is 5.06 Å². The Balaban J connectivity index is 1.50. The van der Waals surface area contributed by atoms with Crippen molar-refractivity contribution in [2.45, 2.75) is 71.9 Å². The number of thiophene rings is 1. The Morgan fingerprint density at radius 1 is 1.31 bits per heavy atom. The van der Waals surface area contributed by atoms with Crippen LogP contribution in [0.3, 0.4) is 0 Å². The van der Waals surface area contributed by atoms with Gasteiger partial charge in [-0.25, -0.2) is 0 Å². The Morgan fingerprint density at radius 3 is 2.77 bits per heavy atom. The van der Waals surface area contributed by atoms with Gasteiger partial charge in [-0.15, -0.1) is 11.3 Å². The first-order valence-electron chi connectivity index (χ1n) is 10.3. The molecule has 0 spiro atoms. The maximum atomic E-state index is 12.3. The van der Waals surface area contributed by atoms with Crippen molar-refractivity contribution in [3.63, 3.8) is 0 Å². The monoisotopic (exact) mass is 378 g/mol. The Kier molecular flexibility index (Phi) is 6.98. The normalized spacial score (nSPS) is 19.0. The highest BCUT2D eigenvalue weighted by Crippen LogP contribution is 2.35. The molecule has 0 saturated carbocycles. The highest BCUT2D eigenvalue weighted by Gasteiger charge is 2.25. The predicted octanol–water partition coefficient (Wildman–Crippen LogP) is 4.32. The van der Waals surface area contributed by atoms with E-state index in [2.05, 4.69) is 31.7 Å². The van der Waals surface area contributed by atoms with Gasteiger partial charge in [0, 0.05) is 37.5 Å². The summed E-state index contributed by atoms with van der Waals surface area (Å²) in [6, 6.07) is 2.23. The second-order valence-electron chi connectivity index (χ2n) is 8.19. The number of hydrogen-bond donors (Lipinski definition) is 0. The zero-order valence-electron chi connectivity index (χ0n) is 16.6. The molecule has 26 heavy (non-hydrogen) atoms. The summed E-state index contributed by atoms with van der Waals surface area (Å²) >= 11 is 1.76. The predicted molar refractivity (Wildman–Crippen MR) is 108 cm³/mol. The lowest BCUT2D eigenvalue weighted by molar-refractivity contribution is -0.132. The van der Waals surface area contributed by atoms with Crippen LogP contribution in [0, 0.1) is 5.92 Å². The number of carbonyl (C=O) groups excluding carboxylic acids is 1. The molecule has 1 amide bonds. The zero-order chi connectivity index (χ0) is 18.5. The third-order valence-electron chi connectivity index (χ3n) is 5.40. The summed E-state index contributed by atoms with van der Waals surface area (Å²) in [5.41, 5.74) is 1.39. The van der Waals surface area contributed by atoms with Crippen molar-refractivity contribution in [3.8, 4) is 5.06 Å². The Labute approximate surface area is 162 Å². The van der Waals surface area contributed by atoms with Crippen LogP contribution in [0.15, 0.2) is 6.07 Å². The quantitative estimate of drug-likeness (QED) is 0.708. The summed E-state index contributed by atoms with van der Waals surface area (Å²) in [5.74, 6) is 1.05. The molecule has 1 fully saturated rings. The fourth-order valence-corrected chi connectivity index (χ4v) is 5.08. The molecule has 2 aliphatic heterocycles. The number of likely N-dealkylation sites (tertiary alicyclic amines) is 1. The number of carbonyl (C=O) groups is 1. The van der Waals surface area contributed by atoms with E-state index < -0.39 is 0 Å². The minimum absolute atomic E-state index is 0.311. The molecule has 2 aliphatic rings. The number of ether oxygens (including phenoxy) is 1. The first-order chi connectivity index (χ1) is 12.5. The highest BCUT2D eigenvalue weighted by molar-refractivity contribution is 7.14. The van der Waals surface area contributed by atoms with Crippen molar-refractivity contribution < 1.29 is 9.53 Å². The SMILES string of the molecule is CCCCC(=O)N1CCc2cc(OC3CCN(CC(C)C)CC3)sc2C1. The number of fused-ring (bicyclic) bond motifs is 1. The van der Waals surface area contributed by atoms with Crippen molar-refractivity contribution in [2.24, 2.45) is 5.92 Å². The van der Waals surface area contributed by atoms with E-state index in [4.69, 9.17) is 4.74 Å². The molecule has 0 bridgehead atoms. The molecule has 1 aromatic rings. The maximum absolute atomic E-state index is 12.3. The molecule has 0 aliphatic carbocycles. The molecular weight excluding hydrogens is 344 g/mol. The third-order valence-corrected chi connectivity index (χ3v) is 6.45. The molecule has 0 atom stereocenters. The molecule has 1 aromatic heterocycles. The van der Waals surface area contributed by atoms with Gasteiger partial charge in [0.05, 0.1) is 6.54 Å². The summed E-state index contributed by atoms with van der Waals surface area (Å²) in [7, 11) is 0. The third kappa shape index (κ3) is 5.23. The average molecular weight is 379 g/mol. The summed E-state index contributed by atoms with van der Waals surface area (Å²) in [6.45, 7) is 11.8. The summed E-state index contributed by atoms with van der Waals surface area (Å²) in [6.07, 6.45) is 6.33. The van der Waals surface area contributed by atoms with E-state index in [0.717, 1.165) is 69.3 Å². The molecule has 0 aromatic carbocycles. The van der Waals surface area contributed by atoms with Gasteiger partial charge in [0.2, 0.25) is 5.91 Å². The number of piperidine rings is 1. The van der Waals surface area contributed by atoms with Crippen LogP contribution in [0.1, 0.15) is 63.3 Å². The van der Waals surface area contributed by atoms with Crippen LogP contribution in [0.25, 0.3) is 0 Å². The van der Waals surface area contributed by atoms with E-state index in [1.807, 2.05) is 4.90 Å². The van der Waals surface area contributed by atoms with Gasteiger partial charge in [0.1, 0.15) is 6.10 Å². The topological polar surface area (TPSA) is 32.8 Å². The second kappa shape index (κ2) is 9.23. The van der Waals surface area contributed by atoms with Crippen LogP contribution in [-0.4, -0.2) is 48.0 Å². The van der Waals surface area contributed by atoms with Gasteiger partial charge in [-0.1, -0.05) is 27.2 Å². The minimum Gasteiger partial charge on any atom is -0.481 e. The minimum atomic E-state index is 0.311. The number of rotatable bonds is 7. The van der Waals surface area contributed by atoms with E-state index >= 15 is 0 Å². The van der Waals surface area contributed by atoms with Gasteiger partial charge in [-0.05, 0) is 43.2 Å². The highest BCUT2D eigenvalue weighted by atomic mass is 32.1. The van der Waals surface area contributed by atoms with Crippen LogP contribution in [0.4, 0.5) is 0 Å². The number of amides is 1. The lowest BCUT2D eigenvalue weighted by atomic mass is 10.1. The first-order valence-corrected chi connectivity index (χ1v) is 11.1. The molecular formula is C21H34N2O2S. The molecule has 146 valence electrons. The van der Waals surface area contributed by atoms with Crippen LogP contribution >= 0.6 is 11.3 Å². The maximum Gasteiger partial charge on any atom is 0.222 e. The standard InChI is InChI=1S/C21H34N2O2S/c1-4-5-6-20(24)23-12-7-17-13-21(26-19(17)15-23)25-18-8-10-22(11-9-18)14-16(2)3/h13,16,18H,4-12,14-15H2,1-3H3. The largest absolute Gasteiger partial charge is 0.481 e. The average Bonchev–Trinajstić information content (AvgIpc) is 3.02. The summed E-state index contributed by atoms with van der Waals surface area (Å²) < 4.78 is 6.31. The van der Waals surface area contributed by atoms with E-state index in [9.17, 15) is 4.79 Å². The molecule has 3 rings (SSSR count). The Hall–Kier alpha value is -1.07. The molecule has 0 radical (unpaired) electrons. The molecule has 0 N–H and O–H groups in total. The number of nitrogens with zero attached hydrogens (tertiary/aromatic N) is 2.